The van der Waals surface area contributed by atoms with Crippen molar-refractivity contribution in [3.05, 3.63) is 44.8 Å². The van der Waals surface area contributed by atoms with E-state index < -0.39 is 0 Å². The molecule has 2 aromatic rings. The summed E-state index contributed by atoms with van der Waals surface area (Å²) in [6, 6.07) is 5.29. The SMILES string of the molecule is CC1(CN)CCN(c2ncc(-c3cccc(Cl)c3Cl)[nH]c2=O)CC1. The largest absolute Gasteiger partial charge is 0.352 e. The van der Waals surface area contributed by atoms with E-state index in [1.54, 1.807) is 24.4 Å². The van der Waals surface area contributed by atoms with Crippen LogP contribution in [0, 0.1) is 5.41 Å². The lowest BCUT2D eigenvalue weighted by molar-refractivity contribution is 0.257. The summed E-state index contributed by atoms with van der Waals surface area (Å²) in [5.41, 5.74) is 6.98. The Morgan fingerprint density at radius 2 is 2.04 bits per heavy atom. The molecule has 3 N–H and O–H groups in total. The normalized spacial score (nSPS) is 17.1. The van der Waals surface area contributed by atoms with Crippen LogP contribution >= 0.6 is 23.2 Å². The summed E-state index contributed by atoms with van der Waals surface area (Å²) in [4.78, 5) is 21.7. The van der Waals surface area contributed by atoms with Crippen LogP contribution in [0.25, 0.3) is 11.3 Å². The predicted octanol–water partition coefficient (Wildman–Crippen LogP) is 3.31. The average molecular weight is 367 g/mol. The molecule has 128 valence electrons. The summed E-state index contributed by atoms with van der Waals surface area (Å²) in [7, 11) is 0. The van der Waals surface area contributed by atoms with Gasteiger partial charge < -0.3 is 15.6 Å². The van der Waals surface area contributed by atoms with Crippen molar-refractivity contribution >= 4 is 29.0 Å². The molecule has 0 aliphatic carbocycles. The number of aromatic amines is 1. The smallest absolute Gasteiger partial charge is 0.291 e. The lowest BCUT2D eigenvalue weighted by atomic mass is 9.80. The van der Waals surface area contributed by atoms with E-state index in [9.17, 15) is 4.79 Å². The number of piperidine rings is 1. The van der Waals surface area contributed by atoms with Crippen LogP contribution in [0.15, 0.2) is 29.2 Å². The second-order valence-electron chi connectivity index (χ2n) is 6.55. The molecule has 0 spiro atoms. The molecule has 1 aromatic carbocycles. The Hall–Kier alpha value is -1.56. The van der Waals surface area contributed by atoms with Gasteiger partial charge in [-0.25, -0.2) is 4.98 Å². The zero-order valence-electron chi connectivity index (χ0n) is 13.5. The molecular formula is C17H20Cl2N4O. The van der Waals surface area contributed by atoms with E-state index in [4.69, 9.17) is 28.9 Å². The molecule has 2 heterocycles. The second kappa shape index (κ2) is 6.75. The monoisotopic (exact) mass is 366 g/mol. The van der Waals surface area contributed by atoms with Crippen molar-refractivity contribution in [1.29, 1.82) is 0 Å². The Labute approximate surface area is 150 Å². The first-order chi connectivity index (χ1) is 11.4. The minimum Gasteiger partial charge on any atom is -0.352 e. The van der Waals surface area contributed by atoms with E-state index in [-0.39, 0.29) is 11.0 Å². The molecule has 1 fully saturated rings. The van der Waals surface area contributed by atoms with Gasteiger partial charge in [0.15, 0.2) is 5.82 Å². The molecule has 0 radical (unpaired) electrons. The van der Waals surface area contributed by atoms with Crippen LogP contribution in [0.5, 0.6) is 0 Å². The van der Waals surface area contributed by atoms with Gasteiger partial charge in [0.05, 0.1) is 21.9 Å². The topological polar surface area (TPSA) is 75.0 Å². The van der Waals surface area contributed by atoms with Crippen molar-refractivity contribution in [1.82, 2.24) is 9.97 Å². The number of aromatic nitrogens is 2. The molecule has 0 bridgehead atoms. The quantitative estimate of drug-likeness (QED) is 0.873. The number of nitrogens with two attached hydrogens (primary N) is 1. The van der Waals surface area contributed by atoms with Crippen molar-refractivity contribution < 1.29 is 0 Å². The number of rotatable bonds is 3. The maximum atomic E-state index is 12.5. The number of nitrogens with zero attached hydrogens (tertiary/aromatic N) is 2. The van der Waals surface area contributed by atoms with E-state index in [0.717, 1.165) is 25.9 Å². The Morgan fingerprint density at radius 3 is 2.67 bits per heavy atom. The molecular weight excluding hydrogens is 347 g/mol. The fraction of sp³-hybridized carbons (Fsp3) is 0.412. The minimum atomic E-state index is -0.222. The first-order valence-electron chi connectivity index (χ1n) is 7.92. The minimum absolute atomic E-state index is 0.150. The zero-order chi connectivity index (χ0) is 17.3. The number of hydrogen-bond donors (Lipinski definition) is 2. The molecule has 0 saturated carbocycles. The Kier molecular flexibility index (Phi) is 4.85. The summed E-state index contributed by atoms with van der Waals surface area (Å²) in [5, 5.41) is 0.845. The van der Waals surface area contributed by atoms with E-state index in [1.807, 2.05) is 4.90 Å². The number of benzene rings is 1. The van der Waals surface area contributed by atoms with Crippen LogP contribution in [0.1, 0.15) is 19.8 Å². The predicted molar refractivity (Wildman–Crippen MR) is 98.9 cm³/mol. The van der Waals surface area contributed by atoms with Gasteiger partial charge in [-0.15, -0.1) is 0 Å². The lowest BCUT2D eigenvalue weighted by Crippen LogP contribution is -2.44. The highest BCUT2D eigenvalue weighted by Crippen LogP contribution is 2.33. The molecule has 5 nitrogen and oxygen atoms in total. The van der Waals surface area contributed by atoms with Gasteiger partial charge in [-0.05, 0) is 30.9 Å². The summed E-state index contributed by atoms with van der Waals surface area (Å²) in [6.07, 6.45) is 3.53. The number of hydrogen-bond acceptors (Lipinski definition) is 4. The van der Waals surface area contributed by atoms with Crippen LogP contribution in [0.4, 0.5) is 5.82 Å². The van der Waals surface area contributed by atoms with Gasteiger partial charge in [-0.1, -0.05) is 42.3 Å². The molecule has 7 heteroatoms. The first-order valence-corrected chi connectivity index (χ1v) is 8.68. The maximum Gasteiger partial charge on any atom is 0.291 e. The lowest BCUT2D eigenvalue weighted by Gasteiger charge is -2.38. The Balaban J connectivity index is 1.86. The molecule has 1 aromatic heterocycles. The Bertz CT molecular complexity index is 797. The molecule has 0 amide bonds. The van der Waals surface area contributed by atoms with Crippen molar-refractivity contribution in [3.63, 3.8) is 0 Å². The van der Waals surface area contributed by atoms with Gasteiger partial charge in [0, 0.05) is 18.7 Å². The molecule has 24 heavy (non-hydrogen) atoms. The number of anilines is 1. The van der Waals surface area contributed by atoms with Gasteiger partial charge >= 0.3 is 0 Å². The van der Waals surface area contributed by atoms with E-state index in [2.05, 4.69) is 16.9 Å². The highest BCUT2D eigenvalue weighted by atomic mass is 35.5. The summed E-state index contributed by atoms with van der Waals surface area (Å²) in [5.74, 6) is 0.441. The number of H-pyrrole nitrogens is 1. The summed E-state index contributed by atoms with van der Waals surface area (Å²) >= 11 is 12.2. The van der Waals surface area contributed by atoms with Gasteiger partial charge in [-0.3, -0.25) is 4.79 Å². The van der Waals surface area contributed by atoms with Crippen molar-refractivity contribution in [2.75, 3.05) is 24.5 Å². The van der Waals surface area contributed by atoms with Gasteiger partial charge in [0.2, 0.25) is 0 Å². The number of nitrogens with one attached hydrogen (secondary N) is 1. The third kappa shape index (κ3) is 3.29. The van der Waals surface area contributed by atoms with E-state index in [1.165, 1.54) is 0 Å². The molecule has 1 aliphatic rings. The Morgan fingerprint density at radius 1 is 1.33 bits per heavy atom. The zero-order valence-corrected chi connectivity index (χ0v) is 15.0. The van der Waals surface area contributed by atoms with Gasteiger partial charge in [-0.2, -0.15) is 0 Å². The van der Waals surface area contributed by atoms with Crippen LogP contribution in [0.3, 0.4) is 0 Å². The molecule has 1 saturated heterocycles. The molecule has 1 aliphatic heterocycles. The van der Waals surface area contributed by atoms with Crippen LogP contribution in [-0.2, 0) is 0 Å². The fourth-order valence-electron chi connectivity index (χ4n) is 2.93. The molecule has 0 unspecified atom stereocenters. The third-order valence-corrected chi connectivity index (χ3v) is 5.59. The van der Waals surface area contributed by atoms with E-state index >= 15 is 0 Å². The number of halogens is 2. The third-order valence-electron chi connectivity index (χ3n) is 4.77. The standard InChI is InChI=1S/C17H20Cl2N4O/c1-17(10-20)5-7-23(8-6-17)15-16(24)22-13(9-21-15)11-3-2-4-12(18)14(11)19/h2-4,9H,5-8,10,20H2,1H3,(H,22,24). The van der Waals surface area contributed by atoms with Crippen LogP contribution in [-0.4, -0.2) is 29.6 Å². The first kappa shape index (κ1) is 17.3. The van der Waals surface area contributed by atoms with Crippen LogP contribution in [0.2, 0.25) is 10.0 Å². The van der Waals surface area contributed by atoms with Crippen molar-refractivity contribution in [3.8, 4) is 11.3 Å². The van der Waals surface area contributed by atoms with Crippen molar-refractivity contribution in [2.24, 2.45) is 11.1 Å². The van der Waals surface area contributed by atoms with E-state index in [0.29, 0.717) is 33.7 Å². The summed E-state index contributed by atoms with van der Waals surface area (Å²) < 4.78 is 0. The highest BCUT2D eigenvalue weighted by molar-refractivity contribution is 6.43. The average Bonchev–Trinajstić information content (AvgIpc) is 2.58. The van der Waals surface area contributed by atoms with Crippen molar-refractivity contribution in [2.45, 2.75) is 19.8 Å². The fourth-order valence-corrected chi connectivity index (χ4v) is 3.33. The van der Waals surface area contributed by atoms with Gasteiger partial charge in [0.1, 0.15) is 0 Å². The van der Waals surface area contributed by atoms with Gasteiger partial charge in [0.25, 0.3) is 5.56 Å². The molecule has 3 rings (SSSR count). The maximum absolute atomic E-state index is 12.5. The summed E-state index contributed by atoms with van der Waals surface area (Å²) in [6.45, 7) is 4.41. The van der Waals surface area contributed by atoms with Crippen LogP contribution < -0.4 is 16.2 Å². The second-order valence-corrected chi connectivity index (χ2v) is 7.34. The molecule has 0 atom stereocenters. The highest BCUT2D eigenvalue weighted by Gasteiger charge is 2.30.